The zero-order valence-corrected chi connectivity index (χ0v) is 17.1. The van der Waals surface area contributed by atoms with Crippen molar-refractivity contribution in [3.63, 3.8) is 0 Å². The van der Waals surface area contributed by atoms with E-state index in [4.69, 9.17) is 14.0 Å². The van der Waals surface area contributed by atoms with Crippen LogP contribution in [0.2, 0.25) is 0 Å². The zero-order chi connectivity index (χ0) is 20.5. The highest BCUT2D eigenvalue weighted by atomic mass is 32.2. The standard InChI is InChI=1S/C19H25N3O5S/c1-5-7-14(16-9-13(25-4)10-17(23)27-16)20-18(24)15-11-28-19(21-15)12(3)22-26-8-6-2/h6,9-10,14-15H,2,5,7-8,11H2,1,3-4H3,(H,20,24)/b22-12+. The Morgan fingerprint density at radius 2 is 2.36 bits per heavy atom. The van der Waals surface area contributed by atoms with Gasteiger partial charge in [-0.05, 0) is 13.3 Å². The molecule has 2 rings (SSSR count). The van der Waals surface area contributed by atoms with E-state index < -0.39 is 17.7 Å². The van der Waals surface area contributed by atoms with Crippen LogP contribution in [0, 0.1) is 0 Å². The van der Waals surface area contributed by atoms with E-state index in [0.29, 0.717) is 41.0 Å². The van der Waals surface area contributed by atoms with E-state index in [9.17, 15) is 9.59 Å². The molecule has 0 bridgehead atoms. The van der Waals surface area contributed by atoms with E-state index in [0.717, 1.165) is 6.42 Å². The minimum Gasteiger partial charge on any atom is -0.496 e. The lowest BCUT2D eigenvalue weighted by Gasteiger charge is -2.18. The second kappa shape index (κ2) is 10.7. The molecule has 2 unspecified atom stereocenters. The average molecular weight is 407 g/mol. The van der Waals surface area contributed by atoms with Gasteiger partial charge in [0.15, 0.2) is 0 Å². The average Bonchev–Trinajstić information content (AvgIpc) is 3.17. The van der Waals surface area contributed by atoms with Crippen molar-refractivity contribution in [3.8, 4) is 5.75 Å². The zero-order valence-electron chi connectivity index (χ0n) is 16.3. The van der Waals surface area contributed by atoms with Crippen molar-refractivity contribution in [2.45, 2.75) is 38.8 Å². The third-order valence-electron chi connectivity index (χ3n) is 3.89. The monoisotopic (exact) mass is 407 g/mol. The summed E-state index contributed by atoms with van der Waals surface area (Å²) in [6.07, 6.45) is 3.02. The van der Waals surface area contributed by atoms with Crippen molar-refractivity contribution in [2.75, 3.05) is 19.5 Å². The summed E-state index contributed by atoms with van der Waals surface area (Å²) in [5.41, 5.74) is 0.0962. The van der Waals surface area contributed by atoms with Gasteiger partial charge in [0, 0.05) is 11.8 Å². The maximum absolute atomic E-state index is 12.7. The molecule has 1 aromatic heterocycles. The summed E-state index contributed by atoms with van der Waals surface area (Å²) in [4.78, 5) is 33.9. The molecule has 152 valence electrons. The van der Waals surface area contributed by atoms with Gasteiger partial charge in [0.25, 0.3) is 0 Å². The lowest BCUT2D eigenvalue weighted by atomic mass is 10.1. The van der Waals surface area contributed by atoms with Crippen LogP contribution in [0.5, 0.6) is 5.75 Å². The van der Waals surface area contributed by atoms with Crippen molar-refractivity contribution >= 4 is 28.4 Å². The molecule has 0 spiro atoms. The van der Waals surface area contributed by atoms with Crippen molar-refractivity contribution in [1.82, 2.24) is 5.32 Å². The molecule has 0 fully saturated rings. The van der Waals surface area contributed by atoms with Gasteiger partial charge in [0.1, 0.15) is 34.9 Å². The van der Waals surface area contributed by atoms with Gasteiger partial charge >= 0.3 is 5.63 Å². The SMILES string of the molecule is C=CCO/N=C(\C)C1=NC(C(=O)NC(CCC)c2cc(OC)cc(=O)o2)CS1. The number of ether oxygens (including phenoxy) is 1. The lowest BCUT2D eigenvalue weighted by Crippen LogP contribution is -2.37. The molecular formula is C19H25N3O5S. The topological polar surface area (TPSA) is 102 Å². The summed E-state index contributed by atoms with van der Waals surface area (Å²) in [5.74, 6) is 1.04. The molecule has 1 aliphatic rings. The summed E-state index contributed by atoms with van der Waals surface area (Å²) in [5, 5.41) is 7.56. The van der Waals surface area contributed by atoms with Crippen LogP contribution < -0.4 is 15.7 Å². The number of hydrogen-bond acceptors (Lipinski definition) is 8. The minimum atomic E-state index is -0.541. The van der Waals surface area contributed by atoms with Crippen LogP contribution in [0.3, 0.4) is 0 Å². The Morgan fingerprint density at radius 1 is 1.57 bits per heavy atom. The number of carbonyl (C=O) groups excluding carboxylic acids is 1. The highest BCUT2D eigenvalue weighted by Gasteiger charge is 2.29. The van der Waals surface area contributed by atoms with Gasteiger partial charge in [-0.1, -0.05) is 31.2 Å². The van der Waals surface area contributed by atoms with Gasteiger partial charge in [-0.3, -0.25) is 9.79 Å². The molecular weight excluding hydrogens is 382 g/mol. The Morgan fingerprint density at radius 3 is 3.04 bits per heavy atom. The molecule has 1 aliphatic heterocycles. The van der Waals surface area contributed by atoms with Crippen molar-refractivity contribution in [1.29, 1.82) is 0 Å². The van der Waals surface area contributed by atoms with Gasteiger partial charge in [-0.25, -0.2) is 4.79 Å². The highest BCUT2D eigenvalue weighted by molar-refractivity contribution is 8.16. The number of nitrogens with one attached hydrogen (secondary N) is 1. The highest BCUT2D eigenvalue weighted by Crippen LogP contribution is 2.24. The molecule has 0 saturated heterocycles. The molecule has 1 amide bonds. The lowest BCUT2D eigenvalue weighted by molar-refractivity contribution is -0.122. The van der Waals surface area contributed by atoms with Crippen LogP contribution in [0.4, 0.5) is 0 Å². The number of aliphatic imine (C=N–C) groups is 1. The van der Waals surface area contributed by atoms with E-state index in [-0.39, 0.29) is 5.91 Å². The van der Waals surface area contributed by atoms with Gasteiger partial charge in [-0.2, -0.15) is 0 Å². The largest absolute Gasteiger partial charge is 0.496 e. The van der Waals surface area contributed by atoms with Gasteiger partial charge < -0.3 is 19.3 Å². The van der Waals surface area contributed by atoms with Crippen molar-refractivity contribution < 1.29 is 18.8 Å². The Balaban J connectivity index is 2.10. The predicted octanol–water partition coefficient (Wildman–Crippen LogP) is 2.70. The van der Waals surface area contributed by atoms with Gasteiger partial charge in [-0.15, -0.1) is 11.8 Å². The van der Waals surface area contributed by atoms with Crippen molar-refractivity contribution in [2.24, 2.45) is 10.1 Å². The molecule has 28 heavy (non-hydrogen) atoms. The fourth-order valence-corrected chi connectivity index (χ4v) is 3.53. The first-order valence-corrected chi connectivity index (χ1v) is 9.94. The fourth-order valence-electron chi connectivity index (χ4n) is 2.54. The van der Waals surface area contributed by atoms with E-state index in [1.165, 1.54) is 24.9 Å². The second-order valence-corrected chi connectivity index (χ2v) is 7.10. The number of amides is 1. The second-order valence-electron chi connectivity index (χ2n) is 6.09. The van der Waals surface area contributed by atoms with Crippen LogP contribution in [0.1, 0.15) is 38.5 Å². The molecule has 0 radical (unpaired) electrons. The maximum atomic E-state index is 12.7. The van der Waals surface area contributed by atoms with Crippen LogP contribution >= 0.6 is 11.8 Å². The number of nitrogens with zero attached hydrogens (tertiary/aromatic N) is 2. The Kier molecular flexibility index (Phi) is 8.31. The van der Waals surface area contributed by atoms with Crippen LogP contribution in [-0.4, -0.2) is 42.2 Å². The molecule has 1 aromatic rings. The number of hydrogen-bond donors (Lipinski definition) is 1. The first-order chi connectivity index (χ1) is 13.5. The summed E-state index contributed by atoms with van der Waals surface area (Å²) < 4.78 is 10.4. The predicted molar refractivity (Wildman–Crippen MR) is 110 cm³/mol. The summed E-state index contributed by atoms with van der Waals surface area (Å²) in [6, 6.07) is 1.90. The molecule has 2 atom stereocenters. The van der Waals surface area contributed by atoms with Gasteiger partial charge in [0.2, 0.25) is 5.91 Å². The number of thioether (sulfide) groups is 1. The number of oxime groups is 1. The third-order valence-corrected chi connectivity index (χ3v) is 5.05. The number of carbonyl (C=O) groups is 1. The summed E-state index contributed by atoms with van der Waals surface area (Å²) in [6.45, 7) is 7.63. The molecule has 0 aromatic carbocycles. The normalized spacial score (nSPS) is 17.6. The van der Waals surface area contributed by atoms with Crippen LogP contribution in [0.15, 0.2) is 44.1 Å². The first-order valence-electron chi connectivity index (χ1n) is 8.96. The first kappa shape index (κ1) is 21.7. The third kappa shape index (κ3) is 5.98. The fraction of sp³-hybridized carbons (Fsp3) is 0.474. The Hall–Kier alpha value is -2.55. The molecule has 0 saturated carbocycles. The quantitative estimate of drug-likeness (QED) is 0.277. The molecule has 0 aliphatic carbocycles. The molecule has 2 heterocycles. The Bertz CT molecular complexity index is 818. The van der Waals surface area contributed by atoms with Gasteiger partial charge in [0.05, 0.1) is 19.2 Å². The smallest absolute Gasteiger partial charge is 0.339 e. The number of methoxy groups -OCH3 is 1. The molecule has 8 nitrogen and oxygen atoms in total. The Labute approximate surface area is 168 Å². The van der Waals surface area contributed by atoms with Crippen molar-refractivity contribution in [3.05, 3.63) is 41.0 Å². The van der Waals surface area contributed by atoms with E-state index in [2.05, 4.69) is 22.0 Å². The van der Waals surface area contributed by atoms with Crippen LogP contribution in [-0.2, 0) is 9.63 Å². The maximum Gasteiger partial charge on any atom is 0.339 e. The summed E-state index contributed by atoms with van der Waals surface area (Å²) in [7, 11) is 1.47. The van der Waals surface area contributed by atoms with Crippen LogP contribution in [0.25, 0.3) is 0 Å². The van der Waals surface area contributed by atoms with E-state index >= 15 is 0 Å². The van der Waals surface area contributed by atoms with E-state index in [1.807, 2.05) is 6.92 Å². The summed E-state index contributed by atoms with van der Waals surface area (Å²) >= 11 is 1.45. The molecule has 1 N–H and O–H groups in total. The molecule has 9 heteroatoms. The van der Waals surface area contributed by atoms with E-state index in [1.54, 1.807) is 19.1 Å². The number of rotatable bonds is 10. The minimum absolute atomic E-state index is 0.230.